The molecule has 2 aromatic rings. The van der Waals surface area contributed by atoms with Gasteiger partial charge in [-0.25, -0.2) is 4.39 Å². The molecule has 21 heavy (non-hydrogen) atoms. The van der Waals surface area contributed by atoms with E-state index in [-0.39, 0.29) is 18.0 Å². The minimum Gasteiger partial charge on any atom is -0.322 e. The molecule has 1 aromatic carbocycles. The maximum atomic E-state index is 13.8. The first kappa shape index (κ1) is 14.8. The van der Waals surface area contributed by atoms with Crippen molar-refractivity contribution >= 4 is 11.6 Å². The van der Waals surface area contributed by atoms with Gasteiger partial charge in [0, 0.05) is 18.9 Å². The summed E-state index contributed by atoms with van der Waals surface area (Å²) in [5.41, 5.74) is 6.91. The molecule has 0 atom stereocenters. The number of halogens is 1. The monoisotopic (exact) mass is 286 g/mol. The van der Waals surface area contributed by atoms with Crippen LogP contribution in [0.1, 0.15) is 21.6 Å². The number of carbonyl (C=O) groups is 1. The first-order valence-corrected chi connectivity index (χ1v) is 6.31. The lowest BCUT2D eigenvalue weighted by molar-refractivity contribution is 0.102. The molecule has 1 heterocycles. The third-order valence-electron chi connectivity index (χ3n) is 2.81. The molecule has 0 aliphatic carbocycles. The van der Waals surface area contributed by atoms with Gasteiger partial charge in [0.15, 0.2) is 0 Å². The number of aryl methyl sites for hydroxylation is 2. The summed E-state index contributed by atoms with van der Waals surface area (Å²) >= 11 is 0. The summed E-state index contributed by atoms with van der Waals surface area (Å²) in [4.78, 5) is 12.1. The van der Waals surface area contributed by atoms with Gasteiger partial charge in [0.05, 0.1) is 23.4 Å². The number of anilines is 1. The number of hydrogen-bond acceptors (Lipinski definition) is 3. The fourth-order valence-electron chi connectivity index (χ4n) is 1.86. The van der Waals surface area contributed by atoms with Crippen molar-refractivity contribution in [1.82, 2.24) is 9.78 Å². The van der Waals surface area contributed by atoms with Gasteiger partial charge in [-0.3, -0.25) is 9.48 Å². The lowest BCUT2D eigenvalue weighted by Gasteiger charge is -2.05. The topological polar surface area (TPSA) is 72.9 Å². The zero-order valence-corrected chi connectivity index (χ0v) is 11.8. The second-order valence-corrected chi connectivity index (χ2v) is 4.46. The molecule has 0 saturated carbocycles. The van der Waals surface area contributed by atoms with Crippen LogP contribution in [-0.4, -0.2) is 22.2 Å². The smallest absolute Gasteiger partial charge is 0.259 e. The molecule has 0 radical (unpaired) electrons. The maximum Gasteiger partial charge on any atom is 0.259 e. The Balaban J connectivity index is 2.18. The molecule has 0 bridgehead atoms. The van der Waals surface area contributed by atoms with E-state index in [1.54, 1.807) is 30.9 Å². The zero-order chi connectivity index (χ0) is 15.4. The van der Waals surface area contributed by atoms with Gasteiger partial charge in [-0.05, 0) is 25.1 Å². The van der Waals surface area contributed by atoms with Crippen molar-refractivity contribution < 1.29 is 9.18 Å². The van der Waals surface area contributed by atoms with Gasteiger partial charge in [-0.2, -0.15) is 5.10 Å². The largest absolute Gasteiger partial charge is 0.322 e. The van der Waals surface area contributed by atoms with Gasteiger partial charge >= 0.3 is 0 Å². The van der Waals surface area contributed by atoms with Crippen LogP contribution in [0, 0.1) is 24.6 Å². The van der Waals surface area contributed by atoms with E-state index in [9.17, 15) is 9.18 Å². The summed E-state index contributed by atoms with van der Waals surface area (Å²) in [6.07, 6.45) is 1.61. The molecule has 1 aromatic heterocycles. The van der Waals surface area contributed by atoms with Gasteiger partial charge in [0.2, 0.25) is 0 Å². The van der Waals surface area contributed by atoms with Crippen molar-refractivity contribution in [1.29, 1.82) is 0 Å². The van der Waals surface area contributed by atoms with Crippen LogP contribution in [0.15, 0.2) is 24.4 Å². The minimum absolute atomic E-state index is 0.165. The molecule has 0 aliphatic heterocycles. The summed E-state index contributed by atoms with van der Waals surface area (Å²) in [6, 6.07) is 4.32. The van der Waals surface area contributed by atoms with E-state index in [0.29, 0.717) is 16.9 Å². The molecular formula is C15H15FN4O. The van der Waals surface area contributed by atoms with Crippen LogP contribution in [0.25, 0.3) is 0 Å². The highest BCUT2D eigenvalue weighted by Gasteiger charge is 2.13. The highest BCUT2D eigenvalue weighted by Crippen LogP contribution is 2.15. The van der Waals surface area contributed by atoms with E-state index in [0.717, 1.165) is 0 Å². The third kappa shape index (κ3) is 3.46. The van der Waals surface area contributed by atoms with E-state index in [1.807, 2.05) is 0 Å². The molecule has 0 aliphatic rings. The lowest BCUT2D eigenvalue weighted by atomic mass is 10.2. The molecule has 0 spiro atoms. The molecule has 1 amide bonds. The van der Waals surface area contributed by atoms with E-state index in [2.05, 4.69) is 22.3 Å². The van der Waals surface area contributed by atoms with Crippen molar-refractivity contribution in [3.8, 4) is 11.8 Å². The Morgan fingerprint density at radius 2 is 2.29 bits per heavy atom. The Kier molecular flexibility index (Phi) is 4.36. The molecule has 6 heteroatoms. The number of amides is 1. The van der Waals surface area contributed by atoms with Crippen LogP contribution < -0.4 is 11.1 Å². The van der Waals surface area contributed by atoms with Gasteiger partial charge in [-0.1, -0.05) is 11.8 Å². The lowest BCUT2D eigenvalue weighted by Crippen LogP contribution is -2.12. The molecule has 108 valence electrons. The van der Waals surface area contributed by atoms with Crippen LogP contribution in [-0.2, 0) is 7.05 Å². The van der Waals surface area contributed by atoms with Crippen LogP contribution in [0.5, 0.6) is 0 Å². The van der Waals surface area contributed by atoms with Crippen molar-refractivity contribution in [3.05, 3.63) is 47.0 Å². The first-order valence-electron chi connectivity index (χ1n) is 6.31. The summed E-state index contributed by atoms with van der Waals surface area (Å²) < 4.78 is 15.4. The number of rotatable bonds is 2. The summed E-state index contributed by atoms with van der Waals surface area (Å²) in [5.74, 6) is 4.37. The number of carbonyl (C=O) groups excluding carboxylic acids is 1. The Bertz CT molecular complexity index is 740. The fraction of sp³-hybridized carbons (Fsp3) is 0.200. The van der Waals surface area contributed by atoms with Crippen molar-refractivity contribution in [2.24, 2.45) is 12.8 Å². The predicted octanol–water partition coefficient (Wildman–Crippen LogP) is 1.43. The molecule has 0 unspecified atom stereocenters. The summed E-state index contributed by atoms with van der Waals surface area (Å²) in [5, 5.41) is 6.72. The molecule has 0 fully saturated rings. The van der Waals surface area contributed by atoms with E-state index < -0.39 is 5.82 Å². The fourth-order valence-corrected chi connectivity index (χ4v) is 1.86. The number of nitrogens with one attached hydrogen (secondary N) is 1. The number of nitrogens with two attached hydrogens (primary N) is 1. The highest BCUT2D eigenvalue weighted by atomic mass is 19.1. The molecular weight excluding hydrogens is 271 g/mol. The van der Waals surface area contributed by atoms with Crippen molar-refractivity contribution in [2.45, 2.75) is 6.92 Å². The average molecular weight is 286 g/mol. The van der Waals surface area contributed by atoms with Crippen LogP contribution in [0.3, 0.4) is 0 Å². The van der Waals surface area contributed by atoms with Gasteiger partial charge in [0.25, 0.3) is 5.91 Å². The number of benzene rings is 1. The van der Waals surface area contributed by atoms with Crippen LogP contribution in [0.4, 0.5) is 10.1 Å². The zero-order valence-electron chi connectivity index (χ0n) is 11.8. The second-order valence-electron chi connectivity index (χ2n) is 4.46. The van der Waals surface area contributed by atoms with E-state index in [4.69, 9.17) is 5.73 Å². The molecule has 5 nitrogen and oxygen atoms in total. The standard InChI is InChI=1S/C15H15FN4O/c1-10-13(9-20(2)19-10)15(21)18-12-6-5-11(4-3-7-17)14(16)8-12/h5-6,8-9H,7,17H2,1-2H3,(H,18,21). The molecule has 2 rings (SSSR count). The van der Waals surface area contributed by atoms with E-state index >= 15 is 0 Å². The number of nitrogens with zero attached hydrogens (tertiary/aromatic N) is 2. The SMILES string of the molecule is Cc1nn(C)cc1C(=O)Nc1ccc(C#CCN)c(F)c1. The van der Waals surface area contributed by atoms with Gasteiger partial charge < -0.3 is 11.1 Å². The van der Waals surface area contributed by atoms with Gasteiger partial charge in [0.1, 0.15) is 5.82 Å². The maximum absolute atomic E-state index is 13.8. The number of aromatic nitrogens is 2. The Morgan fingerprint density at radius 3 is 2.86 bits per heavy atom. The van der Waals surface area contributed by atoms with Crippen LogP contribution >= 0.6 is 0 Å². The van der Waals surface area contributed by atoms with Crippen molar-refractivity contribution in [2.75, 3.05) is 11.9 Å². The second kappa shape index (κ2) is 6.20. The van der Waals surface area contributed by atoms with Gasteiger partial charge in [-0.15, -0.1) is 0 Å². The normalized spacial score (nSPS) is 9.90. The quantitative estimate of drug-likeness (QED) is 0.820. The van der Waals surface area contributed by atoms with Crippen molar-refractivity contribution in [3.63, 3.8) is 0 Å². The summed E-state index contributed by atoms with van der Waals surface area (Å²) in [6.45, 7) is 1.90. The van der Waals surface area contributed by atoms with Crippen LogP contribution in [0.2, 0.25) is 0 Å². The van der Waals surface area contributed by atoms with E-state index in [1.165, 1.54) is 12.1 Å². The molecule has 0 saturated heterocycles. The third-order valence-corrected chi connectivity index (χ3v) is 2.81. The Labute approximate surface area is 122 Å². The Hall–Kier alpha value is -2.65. The first-order chi connectivity index (χ1) is 10.0. The molecule has 3 N–H and O–H groups in total. The summed E-state index contributed by atoms with van der Waals surface area (Å²) in [7, 11) is 1.73. The number of hydrogen-bond donors (Lipinski definition) is 2. The minimum atomic E-state index is -0.503. The Morgan fingerprint density at radius 1 is 1.52 bits per heavy atom. The predicted molar refractivity (Wildman–Crippen MR) is 78.2 cm³/mol. The average Bonchev–Trinajstić information content (AvgIpc) is 2.77. The highest BCUT2D eigenvalue weighted by molar-refractivity contribution is 6.04.